The van der Waals surface area contributed by atoms with Crippen LogP contribution in [0.4, 0.5) is 5.69 Å². The highest BCUT2D eigenvalue weighted by Gasteiger charge is 2.43. The Kier molecular flexibility index (Phi) is 15.3. The van der Waals surface area contributed by atoms with Crippen LogP contribution in [0.5, 0.6) is 11.5 Å². The summed E-state index contributed by atoms with van der Waals surface area (Å²) in [5, 5.41) is 7.88. The minimum absolute atomic E-state index is 0.0669. The molecule has 0 saturated heterocycles. The number of benzene rings is 2. The highest BCUT2D eigenvalue weighted by atomic mass is 31.2. The number of unbranched alkanes of at least 4 members (excludes halogenated alkanes) is 1. The average Bonchev–Trinajstić information content (AvgIpc) is 3.58. The summed E-state index contributed by atoms with van der Waals surface area (Å²) in [4.78, 5) is 80.3. The highest BCUT2D eigenvalue weighted by molar-refractivity contribution is 7.65. The van der Waals surface area contributed by atoms with Crippen molar-refractivity contribution < 1.29 is 51.9 Å². The number of carbonyl (C=O) groups excluding carboxylic acids is 4. The van der Waals surface area contributed by atoms with E-state index in [1.54, 1.807) is 25.2 Å². The van der Waals surface area contributed by atoms with Gasteiger partial charge in [0.25, 0.3) is 5.91 Å². The van der Waals surface area contributed by atoms with E-state index in [1.807, 2.05) is 44.2 Å². The number of carbonyl (C=O) groups is 4. The van der Waals surface area contributed by atoms with Crippen LogP contribution >= 0.6 is 15.6 Å². The molecular formula is C34H45BN6O11P2. The summed E-state index contributed by atoms with van der Waals surface area (Å²) < 4.78 is 40.3. The Balaban J connectivity index is 1.36. The van der Waals surface area contributed by atoms with E-state index in [1.165, 1.54) is 23.5 Å². The van der Waals surface area contributed by atoms with Gasteiger partial charge in [0.2, 0.25) is 31.3 Å². The quantitative estimate of drug-likeness (QED) is 0.0669. The van der Waals surface area contributed by atoms with E-state index in [0.29, 0.717) is 30.0 Å². The Labute approximate surface area is 314 Å². The van der Waals surface area contributed by atoms with Gasteiger partial charge in [-0.3, -0.25) is 33.3 Å². The van der Waals surface area contributed by atoms with Crippen molar-refractivity contribution in [2.24, 2.45) is 5.92 Å². The molecule has 20 heteroatoms. The van der Waals surface area contributed by atoms with Crippen molar-refractivity contribution in [1.29, 1.82) is 0 Å². The molecule has 17 nitrogen and oxygen atoms in total. The monoisotopic (exact) mass is 786 g/mol. The summed E-state index contributed by atoms with van der Waals surface area (Å²) >= 11 is 0. The molecule has 4 atom stereocenters. The van der Waals surface area contributed by atoms with Crippen molar-refractivity contribution >= 4 is 52.1 Å². The molecule has 2 aromatic carbocycles. The van der Waals surface area contributed by atoms with Crippen LogP contribution in [-0.4, -0.2) is 82.2 Å². The van der Waals surface area contributed by atoms with Gasteiger partial charge in [-0.15, -0.1) is 0 Å². The summed E-state index contributed by atoms with van der Waals surface area (Å²) in [6.45, 7) is 3.99. The fourth-order valence-electron chi connectivity index (χ4n) is 5.56. The first-order valence-electron chi connectivity index (χ1n) is 17.2. The Hall–Kier alpha value is -4.60. The average molecular weight is 787 g/mol. The molecule has 4 rings (SSSR count). The van der Waals surface area contributed by atoms with Crippen LogP contribution in [0.25, 0.3) is 0 Å². The van der Waals surface area contributed by atoms with Gasteiger partial charge in [-0.1, -0.05) is 44.2 Å². The van der Waals surface area contributed by atoms with E-state index in [-0.39, 0.29) is 43.2 Å². The standard InChI is InChI=1S/C34H45BN6O11P2/c1-22(2)18-29(39-32(44)25(19-23-10-6-5-7-11-23)38-33(45)26-21-36-16-17-37-26)35-51-27-15-14-24(20-28(27)52-35)41(3)31(43)13-9-8-12-30(42)40-34(53(46)50-4)54(47,48)49/h5-7,10-11,14-17,20-22,25,29,34,53H,8-9,12-13,18-19H2,1-4H3,(H,38,45)(H,39,44)(H,40,42)(H2,47,48,49)/t25-,29-,34?/m1/s1. The summed E-state index contributed by atoms with van der Waals surface area (Å²) in [5.74, 6) is -1.70. The molecule has 4 amide bonds. The van der Waals surface area contributed by atoms with E-state index in [4.69, 9.17) is 9.31 Å². The summed E-state index contributed by atoms with van der Waals surface area (Å²) in [6.07, 6.45) is 5.30. The zero-order valence-corrected chi connectivity index (χ0v) is 32.2. The summed E-state index contributed by atoms with van der Waals surface area (Å²) in [7, 11) is -6.42. The molecule has 54 heavy (non-hydrogen) atoms. The number of hydrogen-bond donors (Lipinski definition) is 5. The van der Waals surface area contributed by atoms with Crippen LogP contribution in [0.1, 0.15) is 62.0 Å². The SMILES string of the molecule is CO[PH](=O)C(NC(=O)CCCCC(=O)N(C)c1ccc2c(c1)OB([C@@H](CC(C)C)NC(=O)[C@@H](Cc1ccccc1)NC(=O)c1cnccn1)O2)P(=O)(O)O. The number of amides is 4. The molecule has 0 bridgehead atoms. The lowest BCUT2D eigenvalue weighted by Crippen LogP contribution is -2.57. The number of nitrogens with one attached hydrogen (secondary N) is 3. The number of hydrogen-bond acceptors (Lipinski definition) is 11. The molecule has 290 valence electrons. The molecule has 1 aliphatic heterocycles. The molecule has 1 aromatic heterocycles. The predicted molar refractivity (Wildman–Crippen MR) is 200 cm³/mol. The summed E-state index contributed by atoms with van der Waals surface area (Å²) in [5.41, 5.74) is -0.507. The van der Waals surface area contributed by atoms with Crippen molar-refractivity contribution in [3.63, 3.8) is 0 Å². The zero-order chi connectivity index (χ0) is 39.4. The smallest absolute Gasteiger partial charge is 0.522 e. The predicted octanol–water partition coefficient (Wildman–Crippen LogP) is 3.07. The maximum Gasteiger partial charge on any atom is 0.618 e. The first kappa shape index (κ1) is 42.2. The molecule has 0 fully saturated rings. The van der Waals surface area contributed by atoms with E-state index in [0.717, 1.165) is 12.7 Å². The third kappa shape index (κ3) is 12.2. The Morgan fingerprint density at radius 3 is 2.33 bits per heavy atom. The van der Waals surface area contributed by atoms with Crippen LogP contribution in [-0.2, 0) is 34.5 Å². The fourth-order valence-corrected chi connectivity index (χ4v) is 7.79. The van der Waals surface area contributed by atoms with Crippen LogP contribution < -0.4 is 30.2 Å². The number of anilines is 1. The van der Waals surface area contributed by atoms with Crippen molar-refractivity contribution in [3.05, 3.63) is 78.4 Å². The third-order valence-electron chi connectivity index (χ3n) is 8.36. The summed E-state index contributed by atoms with van der Waals surface area (Å²) in [6, 6.07) is 13.3. The van der Waals surface area contributed by atoms with Crippen molar-refractivity contribution in [3.8, 4) is 11.5 Å². The molecular weight excluding hydrogens is 741 g/mol. The topological polar surface area (TPSA) is 236 Å². The van der Waals surface area contributed by atoms with Crippen LogP contribution in [0, 0.1) is 5.92 Å². The van der Waals surface area contributed by atoms with E-state index >= 15 is 0 Å². The lowest BCUT2D eigenvalue weighted by Gasteiger charge is -2.25. The first-order valence-corrected chi connectivity index (χ1v) is 20.3. The second kappa shape index (κ2) is 19.6. The highest BCUT2D eigenvalue weighted by Crippen LogP contribution is 2.51. The number of aromatic nitrogens is 2. The largest absolute Gasteiger partial charge is 0.618 e. The van der Waals surface area contributed by atoms with Gasteiger partial charge in [0.1, 0.15) is 23.2 Å². The van der Waals surface area contributed by atoms with Gasteiger partial charge in [0.05, 0.1) is 12.1 Å². The number of rotatable bonds is 19. The lowest BCUT2D eigenvalue weighted by atomic mass is 9.74. The zero-order valence-electron chi connectivity index (χ0n) is 30.3. The van der Waals surface area contributed by atoms with Gasteiger partial charge < -0.3 is 44.5 Å². The van der Waals surface area contributed by atoms with Gasteiger partial charge in [-0.2, -0.15) is 0 Å². The Morgan fingerprint density at radius 2 is 1.69 bits per heavy atom. The van der Waals surface area contributed by atoms with Crippen molar-refractivity contribution in [1.82, 2.24) is 25.9 Å². The Bertz CT molecular complexity index is 1840. The molecule has 0 aliphatic carbocycles. The van der Waals surface area contributed by atoms with Gasteiger partial charge in [-0.25, -0.2) is 4.98 Å². The number of nitrogens with zero attached hydrogens (tertiary/aromatic N) is 3. The van der Waals surface area contributed by atoms with Crippen LogP contribution in [0.15, 0.2) is 67.1 Å². The first-order chi connectivity index (χ1) is 25.7. The van der Waals surface area contributed by atoms with Crippen molar-refractivity contribution in [2.45, 2.75) is 69.9 Å². The van der Waals surface area contributed by atoms with Crippen LogP contribution in [0.2, 0.25) is 0 Å². The maximum absolute atomic E-state index is 13.8. The van der Waals surface area contributed by atoms with E-state index in [9.17, 15) is 38.1 Å². The molecule has 5 N–H and O–H groups in total. The molecule has 2 heterocycles. The molecule has 0 saturated carbocycles. The van der Waals surface area contributed by atoms with Gasteiger partial charge in [0, 0.05) is 57.6 Å². The maximum atomic E-state index is 13.8. The fraction of sp³-hybridized carbons (Fsp3) is 0.412. The number of fused-ring (bicyclic) bond motifs is 1. The minimum atomic E-state index is -4.90. The van der Waals surface area contributed by atoms with Gasteiger partial charge in [-0.05, 0) is 42.9 Å². The molecule has 1 aliphatic rings. The lowest BCUT2D eigenvalue weighted by molar-refractivity contribution is -0.123. The Morgan fingerprint density at radius 1 is 0.981 bits per heavy atom. The molecule has 3 aromatic rings. The van der Waals surface area contributed by atoms with Gasteiger partial charge in [0.15, 0.2) is 0 Å². The van der Waals surface area contributed by atoms with Gasteiger partial charge >= 0.3 is 14.7 Å². The second-order valence-corrected chi connectivity index (χ2v) is 16.8. The van der Waals surface area contributed by atoms with Crippen LogP contribution in [0.3, 0.4) is 0 Å². The normalized spacial score (nSPS) is 14.5. The minimum Gasteiger partial charge on any atom is -0.522 e. The van der Waals surface area contributed by atoms with E-state index in [2.05, 4.69) is 30.4 Å². The second-order valence-electron chi connectivity index (χ2n) is 13.0. The molecule has 0 spiro atoms. The third-order valence-corrected chi connectivity index (χ3v) is 11.8. The van der Waals surface area contributed by atoms with E-state index < -0.39 is 58.0 Å². The molecule has 0 radical (unpaired) electrons. The molecule has 2 unspecified atom stereocenters. The van der Waals surface area contributed by atoms with Crippen molar-refractivity contribution in [2.75, 3.05) is 19.1 Å².